The monoisotopic (exact) mass is 210 g/mol. The Labute approximate surface area is 86.1 Å². The summed E-state index contributed by atoms with van der Waals surface area (Å²) in [5.41, 5.74) is 0. The fraction of sp³-hybridized carbons (Fsp3) is 0.444. The summed E-state index contributed by atoms with van der Waals surface area (Å²) < 4.78 is 5.04. The predicted octanol–water partition coefficient (Wildman–Crippen LogP) is 1.27. The molecule has 1 aliphatic rings. The largest absolute Gasteiger partial charge is 0.462 e. The molecule has 74 valence electrons. The van der Waals surface area contributed by atoms with Gasteiger partial charge in [-0.25, -0.2) is 4.98 Å². The first kappa shape index (κ1) is 9.45. The molecule has 0 N–H and O–H groups in total. The van der Waals surface area contributed by atoms with E-state index in [0.717, 1.165) is 11.4 Å². The first-order valence-electron chi connectivity index (χ1n) is 4.39. The zero-order valence-electron chi connectivity index (χ0n) is 7.71. The number of cyclic esters (lactones) is 1. The van der Waals surface area contributed by atoms with Crippen LogP contribution in [0.25, 0.3) is 0 Å². The van der Waals surface area contributed by atoms with E-state index in [1.54, 1.807) is 18.6 Å². The van der Waals surface area contributed by atoms with Crippen molar-refractivity contribution in [3.63, 3.8) is 0 Å². The van der Waals surface area contributed by atoms with E-state index in [1.807, 2.05) is 6.92 Å². The Kier molecular flexibility index (Phi) is 2.67. The fourth-order valence-electron chi connectivity index (χ4n) is 1.31. The van der Waals surface area contributed by atoms with Gasteiger partial charge in [-0.1, -0.05) is 11.8 Å². The SMILES string of the molecule is C[C@H]1C[C@@H](Sc2cnccn2)C(=O)O1. The molecule has 0 unspecified atom stereocenters. The summed E-state index contributed by atoms with van der Waals surface area (Å²) in [4.78, 5) is 19.3. The molecule has 1 aromatic heterocycles. The van der Waals surface area contributed by atoms with E-state index in [2.05, 4.69) is 9.97 Å². The van der Waals surface area contributed by atoms with Crippen molar-refractivity contribution in [2.45, 2.75) is 29.7 Å². The summed E-state index contributed by atoms with van der Waals surface area (Å²) in [5, 5.41) is 0.644. The number of carbonyl (C=O) groups is 1. The molecule has 1 saturated heterocycles. The number of aromatic nitrogens is 2. The highest BCUT2D eigenvalue weighted by Crippen LogP contribution is 2.30. The summed E-state index contributed by atoms with van der Waals surface area (Å²) >= 11 is 1.41. The number of thioether (sulfide) groups is 1. The van der Waals surface area contributed by atoms with Crippen molar-refractivity contribution in [3.05, 3.63) is 18.6 Å². The van der Waals surface area contributed by atoms with E-state index in [0.29, 0.717) is 0 Å². The van der Waals surface area contributed by atoms with E-state index in [-0.39, 0.29) is 17.3 Å². The summed E-state index contributed by atoms with van der Waals surface area (Å²) in [5.74, 6) is -0.145. The van der Waals surface area contributed by atoms with Crippen LogP contribution in [0.4, 0.5) is 0 Å². The van der Waals surface area contributed by atoms with Gasteiger partial charge in [-0.15, -0.1) is 0 Å². The predicted molar refractivity (Wildman–Crippen MR) is 51.8 cm³/mol. The molecule has 0 saturated carbocycles. The first-order chi connectivity index (χ1) is 6.75. The highest BCUT2D eigenvalue weighted by Gasteiger charge is 2.32. The van der Waals surface area contributed by atoms with Crippen molar-refractivity contribution in [2.24, 2.45) is 0 Å². The molecular weight excluding hydrogens is 200 g/mol. The molecule has 14 heavy (non-hydrogen) atoms. The Morgan fingerprint density at radius 2 is 2.43 bits per heavy atom. The number of hydrogen-bond acceptors (Lipinski definition) is 5. The summed E-state index contributed by atoms with van der Waals surface area (Å²) in [7, 11) is 0. The zero-order chi connectivity index (χ0) is 9.97. The van der Waals surface area contributed by atoms with Gasteiger partial charge in [-0.2, -0.15) is 0 Å². The molecule has 2 atom stereocenters. The molecule has 1 aromatic rings. The minimum atomic E-state index is -0.145. The Morgan fingerprint density at radius 1 is 1.57 bits per heavy atom. The lowest BCUT2D eigenvalue weighted by molar-refractivity contribution is -0.140. The van der Waals surface area contributed by atoms with Gasteiger partial charge in [0, 0.05) is 18.8 Å². The fourth-order valence-corrected chi connectivity index (χ4v) is 2.36. The third-order valence-corrected chi connectivity index (χ3v) is 3.05. The van der Waals surface area contributed by atoms with Crippen LogP contribution in [0.3, 0.4) is 0 Å². The average Bonchev–Trinajstić information content (AvgIpc) is 2.47. The number of ether oxygens (including phenoxy) is 1. The van der Waals surface area contributed by atoms with Crippen LogP contribution in [0.5, 0.6) is 0 Å². The molecule has 4 nitrogen and oxygen atoms in total. The van der Waals surface area contributed by atoms with Crippen LogP contribution in [-0.4, -0.2) is 27.3 Å². The minimum absolute atomic E-state index is 0.0247. The van der Waals surface area contributed by atoms with Gasteiger partial charge in [0.2, 0.25) is 0 Å². The second kappa shape index (κ2) is 3.96. The lowest BCUT2D eigenvalue weighted by Gasteiger charge is -2.02. The number of carbonyl (C=O) groups excluding carboxylic acids is 1. The van der Waals surface area contributed by atoms with E-state index >= 15 is 0 Å². The van der Waals surface area contributed by atoms with Gasteiger partial charge in [0.15, 0.2) is 0 Å². The van der Waals surface area contributed by atoms with Gasteiger partial charge in [0.1, 0.15) is 16.4 Å². The van der Waals surface area contributed by atoms with Crippen molar-refractivity contribution < 1.29 is 9.53 Å². The molecule has 1 aliphatic heterocycles. The summed E-state index contributed by atoms with van der Waals surface area (Å²) in [6.45, 7) is 1.90. The third-order valence-electron chi connectivity index (χ3n) is 1.93. The van der Waals surface area contributed by atoms with Crippen LogP contribution >= 0.6 is 11.8 Å². The Bertz CT molecular complexity index is 331. The topological polar surface area (TPSA) is 52.1 Å². The van der Waals surface area contributed by atoms with E-state index < -0.39 is 0 Å². The number of rotatable bonds is 2. The van der Waals surface area contributed by atoms with Gasteiger partial charge in [-0.3, -0.25) is 9.78 Å². The van der Waals surface area contributed by atoms with Crippen LogP contribution in [0, 0.1) is 0 Å². The molecule has 2 rings (SSSR count). The van der Waals surface area contributed by atoms with Gasteiger partial charge in [0.05, 0.1) is 6.20 Å². The first-order valence-corrected chi connectivity index (χ1v) is 5.27. The third kappa shape index (κ3) is 2.04. The van der Waals surface area contributed by atoms with Crippen LogP contribution in [-0.2, 0) is 9.53 Å². The van der Waals surface area contributed by atoms with E-state index in [4.69, 9.17) is 4.74 Å². The number of esters is 1. The highest BCUT2D eigenvalue weighted by molar-refractivity contribution is 8.00. The average molecular weight is 210 g/mol. The minimum Gasteiger partial charge on any atom is -0.462 e. The van der Waals surface area contributed by atoms with Gasteiger partial charge >= 0.3 is 5.97 Å². The van der Waals surface area contributed by atoms with Gasteiger partial charge in [-0.05, 0) is 6.92 Å². The molecule has 0 bridgehead atoms. The van der Waals surface area contributed by atoms with Crippen molar-refractivity contribution in [2.75, 3.05) is 0 Å². The molecule has 0 spiro atoms. The van der Waals surface area contributed by atoms with E-state index in [1.165, 1.54) is 11.8 Å². The normalized spacial score (nSPS) is 26.2. The molecule has 0 aliphatic carbocycles. The lowest BCUT2D eigenvalue weighted by atomic mass is 10.3. The molecule has 0 aromatic carbocycles. The quantitative estimate of drug-likeness (QED) is 0.688. The van der Waals surface area contributed by atoms with Gasteiger partial charge < -0.3 is 4.74 Å². The molecule has 1 fully saturated rings. The molecule has 0 amide bonds. The van der Waals surface area contributed by atoms with E-state index in [9.17, 15) is 4.79 Å². The smallest absolute Gasteiger partial charge is 0.319 e. The second-order valence-corrected chi connectivity index (χ2v) is 4.36. The maximum atomic E-state index is 11.3. The van der Waals surface area contributed by atoms with Crippen LogP contribution in [0.2, 0.25) is 0 Å². The van der Waals surface area contributed by atoms with Crippen LogP contribution in [0.15, 0.2) is 23.6 Å². The standard InChI is InChI=1S/C9H10N2O2S/c1-6-4-7(9(12)13-6)14-8-5-10-2-3-11-8/h2-3,5-7H,4H2,1H3/t6-,7+/m0/s1. The second-order valence-electron chi connectivity index (χ2n) is 3.13. The maximum absolute atomic E-state index is 11.3. The highest BCUT2D eigenvalue weighted by atomic mass is 32.2. The maximum Gasteiger partial charge on any atom is 0.319 e. The Morgan fingerprint density at radius 3 is 3.00 bits per heavy atom. The Balaban J connectivity index is 2.02. The number of hydrogen-bond donors (Lipinski definition) is 0. The summed E-state index contributed by atoms with van der Waals surface area (Å²) in [6, 6.07) is 0. The summed E-state index contributed by atoms with van der Waals surface area (Å²) in [6.07, 6.45) is 5.66. The zero-order valence-corrected chi connectivity index (χ0v) is 8.53. The molecule has 2 heterocycles. The Hall–Kier alpha value is -1.10. The van der Waals surface area contributed by atoms with Crippen molar-refractivity contribution in [1.29, 1.82) is 0 Å². The van der Waals surface area contributed by atoms with Crippen LogP contribution in [0.1, 0.15) is 13.3 Å². The molecular formula is C9H10N2O2S. The lowest BCUT2D eigenvalue weighted by Crippen LogP contribution is -2.09. The van der Waals surface area contributed by atoms with Crippen LogP contribution < -0.4 is 0 Å². The number of nitrogens with zero attached hydrogens (tertiary/aromatic N) is 2. The van der Waals surface area contributed by atoms with Crippen molar-refractivity contribution in [1.82, 2.24) is 9.97 Å². The van der Waals surface area contributed by atoms with Crippen molar-refractivity contribution in [3.8, 4) is 0 Å². The van der Waals surface area contributed by atoms with Crippen molar-refractivity contribution >= 4 is 17.7 Å². The van der Waals surface area contributed by atoms with Gasteiger partial charge in [0.25, 0.3) is 0 Å². The molecule has 5 heteroatoms. The molecule has 0 radical (unpaired) electrons.